The molecular weight excluding hydrogens is 510 g/mol. The van der Waals surface area contributed by atoms with Crippen LogP contribution in [0.2, 0.25) is 0 Å². The number of piperidine rings is 1. The van der Waals surface area contributed by atoms with E-state index in [1.165, 1.54) is 16.7 Å². The Hall–Kier alpha value is -2.97. The quantitative estimate of drug-likeness (QED) is 0.309. The first-order valence-electron chi connectivity index (χ1n) is 13.7. The van der Waals surface area contributed by atoms with Gasteiger partial charge in [-0.3, -0.25) is 4.18 Å². The maximum Gasteiger partial charge on any atom is 0.360 e. The molecule has 0 saturated carbocycles. The average molecular weight is 546 g/mol. The third-order valence-electron chi connectivity index (χ3n) is 8.75. The van der Waals surface area contributed by atoms with E-state index < -0.39 is 23.6 Å². The molecule has 39 heavy (non-hydrogen) atoms. The Balaban J connectivity index is 1.08. The third-order valence-corrected chi connectivity index (χ3v) is 9.43. The molecule has 0 aromatic heterocycles. The van der Waals surface area contributed by atoms with Crippen LogP contribution in [-0.2, 0) is 27.4 Å². The van der Waals surface area contributed by atoms with Gasteiger partial charge in [-0.2, -0.15) is 4.21 Å². The van der Waals surface area contributed by atoms with Crippen molar-refractivity contribution in [1.82, 2.24) is 4.90 Å². The Bertz CT molecular complexity index is 1360. The second kappa shape index (κ2) is 10.9. The van der Waals surface area contributed by atoms with Crippen LogP contribution in [-0.4, -0.2) is 52.7 Å². The fourth-order valence-electron chi connectivity index (χ4n) is 6.57. The van der Waals surface area contributed by atoms with E-state index in [0.717, 1.165) is 31.4 Å². The zero-order valence-electron chi connectivity index (χ0n) is 22.4. The van der Waals surface area contributed by atoms with Crippen LogP contribution in [0.3, 0.4) is 0 Å². The van der Waals surface area contributed by atoms with E-state index in [-0.39, 0.29) is 11.3 Å². The lowest BCUT2D eigenvalue weighted by Crippen LogP contribution is -2.61. The molecule has 7 heteroatoms. The Morgan fingerprint density at radius 2 is 1.79 bits per heavy atom. The van der Waals surface area contributed by atoms with Crippen molar-refractivity contribution in [3.05, 3.63) is 96.1 Å². The van der Waals surface area contributed by atoms with Crippen LogP contribution in [0, 0.1) is 5.92 Å². The van der Waals surface area contributed by atoms with Gasteiger partial charge >= 0.3 is 11.4 Å². The summed E-state index contributed by atoms with van der Waals surface area (Å²) in [5.74, 6) is 1.16. The summed E-state index contributed by atoms with van der Waals surface area (Å²) in [5.41, 5.74) is 4.27. The van der Waals surface area contributed by atoms with Gasteiger partial charge in [0.15, 0.2) is 11.5 Å². The van der Waals surface area contributed by atoms with Gasteiger partial charge in [0.1, 0.15) is 12.2 Å². The summed E-state index contributed by atoms with van der Waals surface area (Å²) in [5, 5.41) is 10.9. The Labute approximate surface area is 233 Å². The maximum atomic E-state index is 12.7. The van der Waals surface area contributed by atoms with E-state index in [1.807, 2.05) is 30.3 Å². The van der Waals surface area contributed by atoms with Gasteiger partial charge in [-0.05, 0) is 62.5 Å². The van der Waals surface area contributed by atoms with E-state index in [2.05, 4.69) is 67.4 Å². The van der Waals surface area contributed by atoms with Gasteiger partial charge in [0.2, 0.25) is 0 Å². The van der Waals surface area contributed by atoms with Gasteiger partial charge in [0.05, 0.1) is 6.61 Å². The maximum absolute atomic E-state index is 12.7. The zero-order chi connectivity index (χ0) is 27.0. The van der Waals surface area contributed by atoms with Crippen molar-refractivity contribution in [2.24, 2.45) is 5.92 Å². The first-order chi connectivity index (χ1) is 19.0. The van der Waals surface area contributed by atoms with Crippen LogP contribution in [0.5, 0.6) is 11.5 Å². The molecule has 1 saturated heterocycles. The summed E-state index contributed by atoms with van der Waals surface area (Å²) in [6.45, 7) is 3.44. The van der Waals surface area contributed by atoms with Crippen LogP contribution in [0.4, 0.5) is 0 Å². The molecule has 204 valence electrons. The van der Waals surface area contributed by atoms with Gasteiger partial charge < -0.3 is 18.9 Å². The molecule has 6 unspecified atom stereocenters. The fourth-order valence-corrected chi connectivity index (χ4v) is 7.15. The predicted molar refractivity (Wildman–Crippen MR) is 153 cm³/mol. The highest BCUT2D eigenvalue weighted by atomic mass is 32.2. The van der Waals surface area contributed by atoms with Crippen molar-refractivity contribution in [2.45, 2.75) is 49.9 Å². The van der Waals surface area contributed by atoms with Crippen molar-refractivity contribution >= 4 is 11.4 Å². The monoisotopic (exact) mass is 545 g/mol. The molecule has 2 aliphatic heterocycles. The summed E-state index contributed by atoms with van der Waals surface area (Å²) in [6, 6.07) is 24.8. The lowest BCUT2D eigenvalue weighted by Gasteiger charge is -2.52. The predicted octanol–water partition coefficient (Wildman–Crippen LogP) is 5.23. The molecule has 2 heterocycles. The number of aliphatic hydroxyl groups is 1. The smallest absolute Gasteiger partial charge is 0.360 e. The number of benzene rings is 3. The van der Waals surface area contributed by atoms with E-state index >= 15 is 0 Å². The second-order valence-corrected chi connectivity index (χ2v) is 11.7. The van der Waals surface area contributed by atoms with Gasteiger partial charge in [0.25, 0.3) is 0 Å². The highest BCUT2D eigenvalue weighted by Crippen LogP contribution is 2.58. The Morgan fingerprint density at radius 1 is 1.03 bits per heavy atom. The van der Waals surface area contributed by atoms with Crippen molar-refractivity contribution in [3.8, 4) is 22.6 Å². The van der Waals surface area contributed by atoms with Gasteiger partial charge in [-0.15, -0.1) is 0 Å². The summed E-state index contributed by atoms with van der Waals surface area (Å²) in [7, 11) is 2.14. The van der Waals surface area contributed by atoms with E-state index in [0.29, 0.717) is 24.1 Å². The molecule has 3 aromatic rings. The molecule has 1 N–H and O–H groups in total. The number of para-hydroxylation sites is 1. The molecule has 0 radical (unpaired) electrons. The molecule has 3 aliphatic rings. The summed E-state index contributed by atoms with van der Waals surface area (Å²) < 4.78 is 30.4. The first-order valence-corrected chi connectivity index (χ1v) is 14.7. The number of rotatable bonds is 8. The SMILES string of the molecule is CC1C2C=CC(O)C3Oc4c(OS(=O)OCCCc5ccc(-c6ccccc6)cc5)cccc4C23CCN1C. The number of hydrogen-bond donors (Lipinski definition) is 1. The standard InChI is InChI=1S/C32H35NO5S/c1-22-26-17-18-28(34)31-32(26,19-20-33(22)2)27-11-6-12-29(30(27)37-31)38-39(35)36-21-7-8-23-13-15-25(16-14-23)24-9-4-3-5-10-24/h3-6,9-18,22,26,28,31,34H,7-8,19-21H2,1-2H3. The highest BCUT2D eigenvalue weighted by molar-refractivity contribution is 7.75. The number of aliphatic hydroxyl groups excluding tert-OH is 1. The molecule has 1 fully saturated rings. The molecule has 1 spiro atoms. The summed E-state index contributed by atoms with van der Waals surface area (Å²) in [4.78, 5) is 2.36. The van der Waals surface area contributed by atoms with Gasteiger partial charge in [-0.25, -0.2) is 0 Å². The lowest BCUT2D eigenvalue weighted by atomic mass is 9.58. The molecule has 6 atom stereocenters. The number of nitrogens with zero attached hydrogens (tertiary/aromatic N) is 1. The lowest BCUT2D eigenvalue weighted by molar-refractivity contribution is -0.0367. The van der Waals surface area contributed by atoms with Crippen molar-refractivity contribution < 1.29 is 22.4 Å². The first kappa shape index (κ1) is 26.3. The molecule has 6 rings (SSSR count). The van der Waals surface area contributed by atoms with Crippen LogP contribution in [0.15, 0.2) is 84.9 Å². The average Bonchev–Trinajstić information content (AvgIpc) is 3.31. The van der Waals surface area contributed by atoms with E-state index in [9.17, 15) is 9.32 Å². The number of likely N-dealkylation sites (tertiary alicyclic amines) is 1. The molecule has 3 aromatic carbocycles. The molecule has 6 nitrogen and oxygen atoms in total. The minimum Gasteiger partial charge on any atom is -0.482 e. The van der Waals surface area contributed by atoms with Crippen LogP contribution in [0.25, 0.3) is 11.1 Å². The van der Waals surface area contributed by atoms with Crippen LogP contribution < -0.4 is 8.92 Å². The third kappa shape index (κ3) is 4.82. The van der Waals surface area contributed by atoms with Crippen LogP contribution >= 0.6 is 0 Å². The fraction of sp³-hybridized carbons (Fsp3) is 0.375. The molecular formula is C32H35NO5S. The number of ether oxygens (including phenoxy) is 1. The van der Waals surface area contributed by atoms with E-state index in [1.54, 1.807) is 6.07 Å². The van der Waals surface area contributed by atoms with Crippen molar-refractivity contribution in [2.75, 3.05) is 20.2 Å². The normalized spacial score (nSPS) is 28.2. The molecule has 0 amide bonds. The molecule has 1 aliphatic carbocycles. The summed E-state index contributed by atoms with van der Waals surface area (Å²) in [6.07, 6.45) is 5.30. The summed E-state index contributed by atoms with van der Waals surface area (Å²) >= 11 is -1.96. The number of aryl methyl sites for hydroxylation is 1. The Kier molecular flexibility index (Phi) is 7.33. The Morgan fingerprint density at radius 3 is 2.59 bits per heavy atom. The highest BCUT2D eigenvalue weighted by Gasteiger charge is 2.60. The van der Waals surface area contributed by atoms with Crippen LogP contribution in [0.1, 0.15) is 30.9 Å². The largest absolute Gasteiger partial charge is 0.482 e. The molecule has 0 bridgehead atoms. The topological polar surface area (TPSA) is 68.2 Å². The van der Waals surface area contributed by atoms with Crippen molar-refractivity contribution in [3.63, 3.8) is 0 Å². The minimum atomic E-state index is -1.96. The zero-order valence-corrected chi connectivity index (χ0v) is 23.2. The second-order valence-electron chi connectivity index (χ2n) is 10.9. The minimum absolute atomic E-state index is 0.199. The number of fused-ring (bicyclic) bond motifs is 1. The van der Waals surface area contributed by atoms with Gasteiger partial charge in [0, 0.05) is 22.9 Å². The van der Waals surface area contributed by atoms with Crippen molar-refractivity contribution in [1.29, 1.82) is 0 Å². The van der Waals surface area contributed by atoms with Gasteiger partial charge in [-0.1, -0.05) is 78.9 Å². The number of hydrogen-bond acceptors (Lipinski definition) is 6. The van der Waals surface area contributed by atoms with E-state index in [4.69, 9.17) is 13.1 Å².